The van der Waals surface area contributed by atoms with E-state index >= 15 is 0 Å². The average molecular weight is 353 g/mol. The van der Waals surface area contributed by atoms with Crippen LogP contribution in [0.15, 0.2) is 66.9 Å². The zero-order chi connectivity index (χ0) is 17.3. The molecule has 2 N–H and O–H groups in total. The Labute approximate surface area is 153 Å². The maximum atomic E-state index is 5.90. The van der Waals surface area contributed by atoms with Crippen LogP contribution in [0.3, 0.4) is 0 Å². The number of rotatable bonds is 8. The average Bonchev–Trinajstić information content (AvgIpc) is 2.66. The molecule has 0 atom stereocenters. The fraction of sp³-hybridized carbons (Fsp3) is 0.200. The Bertz CT molecular complexity index is 775. The number of aromatic nitrogens is 2. The third-order valence-electron chi connectivity index (χ3n) is 3.81. The van der Waals surface area contributed by atoms with E-state index in [0.29, 0.717) is 12.5 Å². The first-order valence-electron chi connectivity index (χ1n) is 8.39. The van der Waals surface area contributed by atoms with Gasteiger partial charge in [-0.1, -0.05) is 54.1 Å². The number of nitrogens with zero attached hydrogens (tertiary/aromatic N) is 2. The molecule has 0 radical (unpaired) electrons. The summed E-state index contributed by atoms with van der Waals surface area (Å²) in [5, 5.41) is 7.32. The van der Waals surface area contributed by atoms with Crippen molar-refractivity contribution in [2.24, 2.45) is 0 Å². The molecule has 0 aliphatic rings. The topological polar surface area (TPSA) is 49.8 Å². The van der Waals surface area contributed by atoms with Crippen LogP contribution in [-0.4, -0.2) is 16.5 Å². The Kier molecular flexibility index (Phi) is 6.23. The van der Waals surface area contributed by atoms with Gasteiger partial charge in [0.05, 0.1) is 0 Å². The minimum atomic E-state index is 0.614. The molecule has 0 aliphatic carbocycles. The number of aryl methyl sites for hydroxylation is 1. The third-order valence-corrected chi connectivity index (χ3v) is 4.06. The first-order valence-corrected chi connectivity index (χ1v) is 8.76. The van der Waals surface area contributed by atoms with Crippen molar-refractivity contribution < 1.29 is 0 Å². The highest BCUT2D eigenvalue weighted by Crippen LogP contribution is 2.12. The van der Waals surface area contributed by atoms with E-state index in [1.807, 2.05) is 36.4 Å². The summed E-state index contributed by atoms with van der Waals surface area (Å²) < 4.78 is 0. The van der Waals surface area contributed by atoms with Crippen LogP contribution >= 0.6 is 11.6 Å². The zero-order valence-electron chi connectivity index (χ0n) is 14.0. The van der Waals surface area contributed by atoms with Gasteiger partial charge in [0, 0.05) is 24.3 Å². The van der Waals surface area contributed by atoms with E-state index in [0.717, 1.165) is 35.8 Å². The van der Waals surface area contributed by atoms with Gasteiger partial charge >= 0.3 is 0 Å². The Morgan fingerprint density at radius 2 is 1.64 bits per heavy atom. The predicted octanol–water partition coefficient (Wildman–Crippen LogP) is 4.79. The predicted molar refractivity (Wildman–Crippen MR) is 104 cm³/mol. The Hall–Kier alpha value is -2.59. The standard InChI is InChI=1S/C20H21ClN4/c21-18-10-8-17(9-11-18)15-24-20-23-14-12-19(25-20)22-13-4-7-16-5-2-1-3-6-16/h1-3,5-6,8-12,14H,4,7,13,15H2,(H2,22,23,24,25). The SMILES string of the molecule is Clc1ccc(CNc2nccc(NCCCc3ccccc3)n2)cc1. The minimum Gasteiger partial charge on any atom is -0.370 e. The van der Waals surface area contributed by atoms with Crippen molar-refractivity contribution in [1.29, 1.82) is 0 Å². The first-order chi connectivity index (χ1) is 12.3. The molecule has 4 nitrogen and oxygen atoms in total. The van der Waals surface area contributed by atoms with Crippen LogP contribution in [0.2, 0.25) is 5.02 Å². The Morgan fingerprint density at radius 1 is 0.840 bits per heavy atom. The van der Waals surface area contributed by atoms with Gasteiger partial charge in [0.1, 0.15) is 5.82 Å². The number of hydrogen-bond acceptors (Lipinski definition) is 4. The van der Waals surface area contributed by atoms with Crippen molar-refractivity contribution in [3.8, 4) is 0 Å². The molecule has 3 rings (SSSR count). The van der Waals surface area contributed by atoms with Gasteiger partial charge in [0.25, 0.3) is 0 Å². The molecule has 128 valence electrons. The van der Waals surface area contributed by atoms with Crippen molar-refractivity contribution >= 4 is 23.4 Å². The van der Waals surface area contributed by atoms with Gasteiger partial charge < -0.3 is 10.6 Å². The van der Waals surface area contributed by atoms with E-state index in [1.165, 1.54) is 5.56 Å². The minimum absolute atomic E-state index is 0.614. The fourth-order valence-electron chi connectivity index (χ4n) is 2.48. The molecule has 0 saturated heterocycles. The highest BCUT2D eigenvalue weighted by atomic mass is 35.5. The van der Waals surface area contributed by atoms with Crippen molar-refractivity contribution in [3.63, 3.8) is 0 Å². The molecule has 5 heteroatoms. The van der Waals surface area contributed by atoms with Crippen molar-refractivity contribution in [1.82, 2.24) is 9.97 Å². The van der Waals surface area contributed by atoms with Gasteiger partial charge in [-0.15, -0.1) is 0 Å². The summed E-state index contributed by atoms with van der Waals surface area (Å²) in [6.45, 7) is 1.54. The second kappa shape index (κ2) is 9.04. The lowest BCUT2D eigenvalue weighted by atomic mass is 10.1. The fourth-order valence-corrected chi connectivity index (χ4v) is 2.61. The molecular weight excluding hydrogens is 332 g/mol. The summed E-state index contributed by atoms with van der Waals surface area (Å²) in [5.74, 6) is 1.45. The molecule has 0 saturated carbocycles. The highest BCUT2D eigenvalue weighted by molar-refractivity contribution is 6.30. The summed E-state index contributed by atoms with van der Waals surface area (Å²) in [5.41, 5.74) is 2.49. The smallest absolute Gasteiger partial charge is 0.224 e. The van der Waals surface area contributed by atoms with E-state index in [-0.39, 0.29) is 0 Å². The molecule has 0 spiro atoms. The second-order valence-corrected chi connectivity index (χ2v) is 6.20. The second-order valence-electron chi connectivity index (χ2n) is 5.76. The van der Waals surface area contributed by atoms with Crippen molar-refractivity contribution in [2.75, 3.05) is 17.2 Å². The Balaban J connectivity index is 1.45. The van der Waals surface area contributed by atoms with Gasteiger partial charge in [0.2, 0.25) is 5.95 Å². The molecule has 3 aromatic rings. The number of halogens is 1. The lowest BCUT2D eigenvalue weighted by Crippen LogP contribution is -2.08. The molecule has 0 aliphatic heterocycles. The van der Waals surface area contributed by atoms with Gasteiger partial charge in [-0.05, 0) is 42.2 Å². The molecule has 0 bridgehead atoms. The summed E-state index contributed by atoms with van der Waals surface area (Å²) >= 11 is 5.90. The van der Waals surface area contributed by atoms with Crippen LogP contribution in [-0.2, 0) is 13.0 Å². The lowest BCUT2D eigenvalue weighted by molar-refractivity contribution is 0.857. The molecule has 25 heavy (non-hydrogen) atoms. The van der Waals surface area contributed by atoms with E-state index in [4.69, 9.17) is 11.6 Å². The molecular formula is C20H21ClN4. The van der Waals surface area contributed by atoms with Crippen LogP contribution in [0.5, 0.6) is 0 Å². The highest BCUT2D eigenvalue weighted by Gasteiger charge is 2.00. The van der Waals surface area contributed by atoms with Gasteiger partial charge in [-0.3, -0.25) is 0 Å². The van der Waals surface area contributed by atoms with Gasteiger partial charge in [-0.2, -0.15) is 4.98 Å². The molecule has 0 fully saturated rings. The van der Waals surface area contributed by atoms with Gasteiger partial charge in [0.15, 0.2) is 0 Å². The summed E-state index contributed by atoms with van der Waals surface area (Å²) in [7, 11) is 0. The summed E-state index contributed by atoms with van der Waals surface area (Å²) in [6, 6.07) is 20.1. The number of hydrogen-bond donors (Lipinski definition) is 2. The maximum absolute atomic E-state index is 5.90. The monoisotopic (exact) mass is 352 g/mol. The lowest BCUT2D eigenvalue weighted by Gasteiger charge is -2.08. The number of benzene rings is 2. The van der Waals surface area contributed by atoms with Crippen molar-refractivity contribution in [2.45, 2.75) is 19.4 Å². The molecule has 1 heterocycles. The molecule has 2 aromatic carbocycles. The van der Waals surface area contributed by atoms with Crippen LogP contribution in [0.4, 0.5) is 11.8 Å². The molecule has 0 unspecified atom stereocenters. The van der Waals surface area contributed by atoms with Crippen LogP contribution < -0.4 is 10.6 Å². The summed E-state index contributed by atoms with van der Waals surface area (Å²) in [4.78, 5) is 8.75. The van der Waals surface area contributed by atoms with Crippen LogP contribution in [0.1, 0.15) is 17.5 Å². The van der Waals surface area contributed by atoms with Crippen molar-refractivity contribution in [3.05, 3.63) is 83.0 Å². The quantitative estimate of drug-likeness (QED) is 0.572. The van der Waals surface area contributed by atoms with E-state index in [2.05, 4.69) is 44.9 Å². The number of nitrogens with one attached hydrogen (secondary N) is 2. The molecule has 1 aromatic heterocycles. The first kappa shape index (κ1) is 17.2. The zero-order valence-corrected chi connectivity index (χ0v) is 14.7. The molecule has 0 amide bonds. The number of anilines is 2. The normalized spacial score (nSPS) is 10.4. The summed E-state index contributed by atoms with van der Waals surface area (Å²) in [6.07, 6.45) is 3.87. The van der Waals surface area contributed by atoms with Crippen LogP contribution in [0, 0.1) is 0 Å². The maximum Gasteiger partial charge on any atom is 0.224 e. The third kappa shape index (κ3) is 5.76. The largest absolute Gasteiger partial charge is 0.370 e. The van der Waals surface area contributed by atoms with E-state index < -0.39 is 0 Å². The van der Waals surface area contributed by atoms with E-state index in [9.17, 15) is 0 Å². The van der Waals surface area contributed by atoms with Gasteiger partial charge in [-0.25, -0.2) is 4.98 Å². The Morgan fingerprint density at radius 3 is 2.44 bits per heavy atom. The van der Waals surface area contributed by atoms with Crippen LogP contribution in [0.25, 0.3) is 0 Å². The van der Waals surface area contributed by atoms with E-state index in [1.54, 1.807) is 6.20 Å².